The number of benzene rings is 3. The SMILES string of the molecule is O=C1Sc2c3cc(Cl)ccc3cc3c(OSC(F)(F)F)ccc1c23. The van der Waals surface area contributed by atoms with E-state index in [9.17, 15) is 18.0 Å². The molecular formula is C16H6ClF3O2S2. The first-order valence-electron chi connectivity index (χ1n) is 6.67. The summed E-state index contributed by atoms with van der Waals surface area (Å²) in [7, 11) is 0. The van der Waals surface area contributed by atoms with Crippen LogP contribution in [0.4, 0.5) is 13.2 Å². The smallest absolute Gasteiger partial charge is 0.416 e. The Morgan fingerprint density at radius 3 is 2.62 bits per heavy atom. The molecule has 0 aromatic heterocycles. The van der Waals surface area contributed by atoms with Crippen LogP contribution in [0.5, 0.6) is 5.75 Å². The lowest BCUT2D eigenvalue weighted by molar-refractivity contribution is -0.0369. The zero-order valence-corrected chi connectivity index (χ0v) is 14.0. The molecule has 1 aliphatic heterocycles. The number of halogens is 4. The Labute approximate surface area is 147 Å². The zero-order valence-electron chi connectivity index (χ0n) is 11.6. The Morgan fingerprint density at radius 1 is 1.08 bits per heavy atom. The molecule has 3 aromatic rings. The van der Waals surface area contributed by atoms with Crippen molar-refractivity contribution in [1.29, 1.82) is 0 Å². The molecule has 0 N–H and O–H groups in total. The van der Waals surface area contributed by atoms with Crippen LogP contribution < -0.4 is 4.18 Å². The minimum absolute atomic E-state index is 0.0736. The van der Waals surface area contributed by atoms with Gasteiger partial charge in [0.05, 0.1) is 0 Å². The summed E-state index contributed by atoms with van der Waals surface area (Å²) in [6.07, 6.45) is 0. The molecule has 3 aromatic carbocycles. The summed E-state index contributed by atoms with van der Waals surface area (Å²) in [6.45, 7) is 0. The van der Waals surface area contributed by atoms with Crippen LogP contribution in [0.2, 0.25) is 5.02 Å². The van der Waals surface area contributed by atoms with Gasteiger partial charge in [-0.25, -0.2) is 0 Å². The molecule has 0 spiro atoms. The topological polar surface area (TPSA) is 26.3 Å². The maximum Gasteiger partial charge on any atom is 0.479 e. The summed E-state index contributed by atoms with van der Waals surface area (Å²) >= 11 is 6.52. The molecule has 0 saturated heterocycles. The molecule has 0 bridgehead atoms. The fourth-order valence-corrected chi connectivity index (χ4v) is 4.29. The van der Waals surface area contributed by atoms with Crippen LogP contribution >= 0.6 is 35.4 Å². The highest BCUT2D eigenvalue weighted by molar-refractivity contribution is 8.15. The number of thioether (sulfide) groups is 1. The predicted molar refractivity (Wildman–Crippen MR) is 90.9 cm³/mol. The summed E-state index contributed by atoms with van der Waals surface area (Å²) in [5.74, 6) is 0.0736. The summed E-state index contributed by atoms with van der Waals surface area (Å²) < 4.78 is 42.2. The number of rotatable bonds is 2. The number of fused-ring (bicyclic) bond motifs is 2. The van der Waals surface area contributed by atoms with Crippen LogP contribution in [-0.4, -0.2) is 10.6 Å². The third kappa shape index (κ3) is 2.60. The van der Waals surface area contributed by atoms with Gasteiger partial charge in [0.1, 0.15) is 5.75 Å². The van der Waals surface area contributed by atoms with E-state index in [2.05, 4.69) is 0 Å². The molecule has 0 aliphatic carbocycles. The molecule has 1 heterocycles. The maximum absolute atomic E-state index is 12.4. The molecule has 4 rings (SSSR count). The van der Waals surface area contributed by atoms with Crippen molar-refractivity contribution in [1.82, 2.24) is 0 Å². The lowest BCUT2D eigenvalue weighted by Gasteiger charge is -2.11. The molecule has 0 unspecified atom stereocenters. The van der Waals surface area contributed by atoms with Gasteiger partial charge in [-0.15, -0.1) is 0 Å². The predicted octanol–water partition coefficient (Wildman–Crippen LogP) is 6.44. The summed E-state index contributed by atoms with van der Waals surface area (Å²) in [4.78, 5) is 12.9. The number of carbonyl (C=O) groups excluding carboxylic acids is 1. The van der Waals surface area contributed by atoms with Crippen LogP contribution in [0.3, 0.4) is 0 Å². The maximum atomic E-state index is 12.4. The lowest BCUT2D eigenvalue weighted by atomic mass is 9.99. The fourth-order valence-electron chi connectivity index (χ4n) is 2.72. The molecule has 0 fully saturated rings. The second-order valence-electron chi connectivity index (χ2n) is 5.11. The van der Waals surface area contributed by atoms with Gasteiger partial charge in [0.25, 0.3) is 0 Å². The Kier molecular flexibility index (Phi) is 3.63. The van der Waals surface area contributed by atoms with Crippen molar-refractivity contribution in [3.63, 3.8) is 0 Å². The first-order valence-corrected chi connectivity index (χ1v) is 8.61. The number of carbonyl (C=O) groups is 1. The van der Waals surface area contributed by atoms with Crippen molar-refractivity contribution >= 4 is 62.1 Å². The van der Waals surface area contributed by atoms with Gasteiger partial charge in [-0.1, -0.05) is 17.7 Å². The number of hydrogen-bond acceptors (Lipinski definition) is 4. The van der Waals surface area contributed by atoms with Gasteiger partial charge >= 0.3 is 5.51 Å². The summed E-state index contributed by atoms with van der Waals surface area (Å²) in [5, 5.41) is 3.06. The van der Waals surface area contributed by atoms with E-state index in [4.69, 9.17) is 15.8 Å². The van der Waals surface area contributed by atoms with Gasteiger partial charge in [0, 0.05) is 26.3 Å². The van der Waals surface area contributed by atoms with Gasteiger partial charge in [-0.05, 0) is 52.9 Å². The van der Waals surface area contributed by atoms with E-state index in [-0.39, 0.29) is 10.9 Å². The van der Waals surface area contributed by atoms with E-state index >= 15 is 0 Å². The minimum Gasteiger partial charge on any atom is -0.416 e. The molecular weight excluding hydrogens is 381 g/mol. The Bertz CT molecular complexity index is 1020. The Balaban J connectivity index is 2.00. The van der Waals surface area contributed by atoms with Gasteiger partial charge in [-0.3, -0.25) is 4.79 Å². The molecule has 1 aliphatic rings. The standard InChI is InChI=1S/C16H6ClF3O2S2/c17-8-2-1-7-5-11-12(22-24-16(18,19)20)4-3-9-13(11)14(10(7)6-8)23-15(9)21/h1-6H. The summed E-state index contributed by atoms with van der Waals surface area (Å²) in [5.41, 5.74) is -4.04. The normalized spacial score (nSPS) is 13.9. The van der Waals surface area contributed by atoms with Crippen molar-refractivity contribution in [2.24, 2.45) is 0 Å². The molecule has 0 radical (unpaired) electrons. The molecule has 0 atom stereocenters. The third-order valence-electron chi connectivity index (χ3n) is 3.63. The Hall–Kier alpha value is -1.57. The van der Waals surface area contributed by atoms with E-state index in [1.165, 1.54) is 12.1 Å². The van der Waals surface area contributed by atoms with E-state index < -0.39 is 17.6 Å². The van der Waals surface area contributed by atoms with Crippen molar-refractivity contribution in [3.05, 3.63) is 47.0 Å². The van der Waals surface area contributed by atoms with E-state index in [1.807, 2.05) is 0 Å². The second-order valence-corrected chi connectivity index (χ2v) is 7.32. The Morgan fingerprint density at radius 2 is 1.88 bits per heavy atom. The zero-order chi connectivity index (χ0) is 17.1. The van der Waals surface area contributed by atoms with Gasteiger partial charge in [0.2, 0.25) is 5.12 Å². The number of hydrogen-bond donors (Lipinski definition) is 0. The average molecular weight is 387 g/mol. The minimum atomic E-state index is -4.51. The monoisotopic (exact) mass is 386 g/mol. The third-order valence-corrected chi connectivity index (χ3v) is 5.35. The number of alkyl halides is 3. The molecule has 0 amide bonds. The van der Waals surface area contributed by atoms with Crippen molar-refractivity contribution < 1.29 is 22.1 Å². The first-order chi connectivity index (χ1) is 11.3. The largest absolute Gasteiger partial charge is 0.479 e. The molecule has 8 heteroatoms. The quantitative estimate of drug-likeness (QED) is 0.374. The van der Waals surface area contributed by atoms with Gasteiger partial charge < -0.3 is 4.18 Å². The first kappa shape index (κ1) is 15.9. The highest BCUT2D eigenvalue weighted by Gasteiger charge is 2.33. The average Bonchev–Trinajstić information content (AvgIpc) is 2.85. The van der Waals surface area contributed by atoms with Crippen LogP contribution in [-0.2, 0) is 0 Å². The van der Waals surface area contributed by atoms with Crippen LogP contribution in [0.1, 0.15) is 10.4 Å². The van der Waals surface area contributed by atoms with Gasteiger partial charge in [0.15, 0.2) is 12.0 Å². The van der Waals surface area contributed by atoms with Crippen LogP contribution in [0.25, 0.3) is 21.5 Å². The van der Waals surface area contributed by atoms with Crippen molar-refractivity contribution in [2.45, 2.75) is 10.4 Å². The van der Waals surface area contributed by atoms with E-state index in [1.54, 1.807) is 24.3 Å². The van der Waals surface area contributed by atoms with Gasteiger partial charge in [-0.2, -0.15) is 13.2 Å². The van der Waals surface area contributed by atoms with E-state index in [0.717, 1.165) is 22.5 Å². The molecule has 122 valence electrons. The second kappa shape index (κ2) is 5.47. The molecule has 0 saturated carbocycles. The van der Waals surface area contributed by atoms with Crippen LogP contribution in [0.15, 0.2) is 41.3 Å². The lowest BCUT2D eigenvalue weighted by Crippen LogP contribution is -2.03. The molecule has 24 heavy (non-hydrogen) atoms. The van der Waals surface area contributed by atoms with Crippen LogP contribution in [0, 0.1) is 0 Å². The molecule has 2 nitrogen and oxygen atoms in total. The highest BCUT2D eigenvalue weighted by atomic mass is 35.5. The van der Waals surface area contributed by atoms with Crippen molar-refractivity contribution in [2.75, 3.05) is 0 Å². The fraction of sp³-hybridized carbons (Fsp3) is 0.0625. The van der Waals surface area contributed by atoms with E-state index in [0.29, 0.717) is 26.3 Å². The summed E-state index contributed by atoms with van der Waals surface area (Å²) in [6, 6.07) is 9.82. The highest BCUT2D eigenvalue weighted by Crippen LogP contribution is 2.48. The van der Waals surface area contributed by atoms with Crippen molar-refractivity contribution in [3.8, 4) is 5.75 Å².